The van der Waals surface area contributed by atoms with E-state index >= 15 is 0 Å². The SMILES string of the molecule is CC1Cc2ccccc2N1Cc1occc1C(=O)Nc1ccc(OC(F)F)cc1. The van der Waals surface area contributed by atoms with Crippen LogP contribution in [0.15, 0.2) is 65.3 Å². The Morgan fingerprint density at radius 1 is 1.21 bits per heavy atom. The molecule has 29 heavy (non-hydrogen) atoms. The summed E-state index contributed by atoms with van der Waals surface area (Å²) in [4.78, 5) is 14.9. The molecule has 1 aliphatic rings. The molecule has 0 fully saturated rings. The van der Waals surface area contributed by atoms with Gasteiger partial charge in [0.15, 0.2) is 0 Å². The highest BCUT2D eigenvalue weighted by Crippen LogP contribution is 2.33. The second-order valence-electron chi connectivity index (χ2n) is 6.92. The number of carbonyl (C=O) groups excluding carboxylic acids is 1. The predicted octanol–water partition coefficient (Wildman–Crippen LogP) is 5.08. The Balaban J connectivity index is 1.47. The largest absolute Gasteiger partial charge is 0.467 e. The molecular weight excluding hydrogens is 378 g/mol. The fraction of sp³-hybridized carbons (Fsp3) is 0.227. The Labute approximate surface area is 166 Å². The summed E-state index contributed by atoms with van der Waals surface area (Å²) in [6.45, 7) is -0.261. The lowest BCUT2D eigenvalue weighted by molar-refractivity contribution is -0.0498. The van der Waals surface area contributed by atoms with E-state index in [-0.39, 0.29) is 11.7 Å². The van der Waals surface area contributed by atoms with Crippen molar-refractivity contribution in [2.75, 3.05) is 10.2 Å². The average Bonchev–Trinajstić information content (AvgIpc) is 3.28. The van der Waals surface area contributed by atoms with Gasteiger partial charge in [-0.25, -0.2) is 0 Å². The maximum atomic E-state index is 12.7. The molecule has 4 rings (SSSR count). The molecule has 2 aromatic carbocycles. The zero-order chi connectivity index (χ0) is 20.4. The molecule has 7 heteroatoms. The summed E-state index contributed by atoms with van der Waals surface area (Å²) < 4.78 is 34.4. The molecule has 3 aromatic rings. The summed E-state index contributed by atoms with van der Waals surface area (Å²) in [6.07, 6.45) is 2.45. The van der Waals surface area contributed by atoms with Gasteiger partial charge in [-0.05, 0) is 55.3 Å². The molecule has 2 heterocycles. The Kier molecular flexibility index (Phi) is 5.20. The molecule has 1 aliphatic heterocycles. The number of para-hydroxylation sites is 1. The lowest BCUT2D eigenvalue weighted by atomic mass is 10.1. The van der Waals surface area contributed by atoms with Gasteiger partial charge in [0.1, 0.15) is 11.5 Å². The van der Waals surface area contributed by atoms with Gasteiger partial charge >= 0.3 is 6.61 Å². The van der Waals surface area contributed by atoms with Crippen LogP contribution in [-0.2, 0) is 13.0 Å². The number of nitrogens with zero attached hydrogens (tertiary/aromatic N) is 1. The number of nitrogens with one attached hydrogen (secondary N) is 1. The fourth-order valence-corrected chi connectivity index (χ4v) is 3.61. The molecule has 1 atom stereocenters. The second-order valence-corrected chi connectivity index (χ2v) is 6.92. The Bertz CT molecular complexity index is 1000. The minimum atomic E-state index is -2.89. The molecule has 0 bridgehead atoms. The van der Waals surface area contributed by atoms with Gasteiger partial charge < -0.3 is 19.4 Å². The molecule has 150 valence electrons. The standard InChI is InChI=1S/C22H20F2N2O3/c1-14-12-15-4-2-3-5-19(15)26(14)13-20-18(10-11-28-20)21(27)25-16-6-8-17(9-7-16)29-22(23)24/h2-11,14,22H,12-13H2,1H3,(H,25,27). The number of anilines is 2. The highest BCUT2D eigenvalue weighted by molar-refractivity contribution is 6.05. The van der Waals surface area contributed by atoms with Crippen molar-refractivity contribution in [3.8, 4) is 5.75 Å². The van der Waals surface area contributed by atoms with Crippen molar-refractivity contribution >= 4 is 17.3 Å². The number of hydrogen-bond donors (Lipinski definition) is 1. The number of benzene rings is 2. The first-order chi connectivity index (χ1) is 14.0. The Hall–Kier alpha value is -3.35. The van der Waals surface area contributed by atoms with Crippen LogP contribution in [0.1, 0.15) is 28.6 Å². The zero-order valence-corrected chi connectivity index (χ0v) is 15.8. The maximum Gasteiger partial charge on any atom is 0.387 e. The van der Waals surface area contributed by atoms with Crippen molar-refractivity contribution in [1.82, 2.24) is 0 Å². The van der Waals surface area contributed by atoms with Crippen molar-refractivity contribution in [2.45, 2.75) is 32.5 Å². The van der Waals surface area contributed by atoms with Crippen molar-refractivity contribution in [3.63, 3.8) is 0 Å². The molecule has 5 nitrogen and oxygen atoms in total. The van der Waals surface area contributed by atoms with Crippen molar-refractivity contribution in [1.29, 1.82) is 0 Å². The van der Waals surface area contributed by atoms with Gasteiger partial charge in [0.25, 0.3) is 5.91 Å². The fourth-order valence-electron chi connectivity index (χ4n) is 3.61. The van der Waals surface area contributed by atoms with E-state index in [4.69, 9.17) is 4.42 Å². The summed E-state index contributed by atoms with van der Waals surface area (Å²) in [5.74, 6) is 0.281. The minimum Gasteiger partial charge on any atom is -0.467 e. The maximum absolute atomic E-state index is 12.7. The van der Waals surface area contributed by atoms with E-state index in [1.807, 2.05) is 12.1 Å². The summed E-state index contributed by atoms with van der Waals surface area (Å²) >= 11 is 0. The normalized spacial score (nSPS) is 15.4. The number of hydrogen-bond acceptors (Lipinski definition) is 4. The average molecular weight is 398 g/mol. The number of amides is 1. The lowest BCUT2D eigenvalue weighted by Crippen LogP contribution is -2.29. The minimum absolute atomic E-state index is 0.0312. The Morgan fingerprint density at radius 3 is 2.72 bits per heavy atom. The monoisotopic (exact) mass is 398 g/mol. The van der Waals surface area contributed by atoms with Crippen LogP contribution in [0, 0.1) is 0 Å². The third-order valence-corrected chi connectivity index (χ3v) is 4.99. The number of furan rings is 1. The van der Waals surface area contributed by atoms with Gasteiger partial charge in [0.2, 0.25) is 0 Å². The third-order valence-electron chi connectivity index (χ3n) is 4.99. The molecule has 0 aliphatic carbocycles. The van der Waals surface area contributed by atoms with Gasteiger partial charge in [0.05, 0.1) is 18.4 Å². The topological polar surface area (TPSA) is 54.7 Å². The van der Waals surface area contributed by atoms with E-state index in [0.717, 1.165) is 12.1 Å². The van der Waals surface area contributed by atoms with Crippen molar-refractivity contribution < 1.29 is 22.7 Å². The van der Waals surface area contributed by atoms with E-state index < -0.39 is 6.61 Å². The van der Waals surface area contributed by atoms with Gasteiger partial charge in [-0.15, -0.1) is 0 Å². The quantitative estimate of drug-likeness (QED) is 0.629. The lowest BCUT2D eigenvalue weighted by Gasteiger charge is -2.24. The highest BCUT2D eigenvalue weighted by Gasteiger charge is 2.28. The van der Waals surface area contributed by atoms with Crippen LogP contribution in [0.5, 0.6) is 5.75 Å². The molecular formula is C22H20F2N2O3. The molecule has 0 spiro atoms. The van der Waals surface area contributed by atoms with E-state index in [1.54, 1.807) is 6.07 Å². The van der Waals surface area contributed by atoms with Crippen LogP contribution >= 0.6 is 0 Å². The molecule has 1 unspecified atom stereocenters. The first-order valence-corrected chi connectivity index (χ1v) is 9.28. The van der Waals surface area contributed by atoms with Crippen LogP contribution in [0.4, 0.5) is 20.2 Å². The van der Waals surface area contributed by atoms with E-state index in [9.17, 15) is 13.6 Å². The third kappa shape index (κ3) is 4.08. The molecule has 1 amide bonds. The number of rotatable bonds is 6. The smallest absolute Gasteiger partial charge is 0.387 e. The first kappa shape index (κ1) is 19.0. The molecule has 0 saturated heterocycles. The van der Waals surface area contributed by atoms with Crippen LogP contribution in [0.3, 0.4) is 0 Å². The summed E-state index contributed by atoms with van der Waals surface area (Å²) in [5, 5.41) is 2.76. The van der Waals surface area contributed by atoms with Crippen LogP contribution in [0.25, 0.3) is 0 Å². The van der Waals surface area contributed by atoms with Crippen molar-refractivity contribution in [2.24, 2.45) is 0 Å². The van der Waals surface area contributed by atoms with Crippen LogP contribution in [-0.4, -0.2) is 18.6 Å². The predicted molar refractivity (Wildman–Crippen MR) is 106 cm³/mol. The second kappa shape index (κ2) is 7.95. The first-order valence-electron chi connectivity index (χ1n) is 9.28. The van der Waals surface area contributed by atoms with Gasteiger partial charge in [0, 0.05) is 17.4 Å². The summed E-state index contributed by atoms with van der Waals surface area (Å²) in [5.41, 5.74) is 3.35. The molecule has 1 aromatic heterocycles. The van der Waals surface area contributed by atoms with Crippen LogP contribution in [0.2, 0.25) is 0 Å². The van der Waals surface area contributed by atoms with Gasteiger partial charge in [-0.3, -0.25) is 4.79 Å². The Morgan fingerprint density at radius 2 is 1.97 bits per heavy atom. The number of ether oxygens (including phenoxy) is 1. The highest BCUT2D eigenvalue weighted by atomic mass is 19.3. The van der Waals surface area contributed by atoms with Gasteiger partial charge in [-0.2, -0.15) is 8.78 Å². The number of carbonyl (C=O) groups is 1. The van der Waals surface area contributed by atoms with E-state index in [2.05, 4.69) is 34.0 Å². The molecule has 1 N–H and O–H groups in total. The number of fused-ring (bicyclic) bond motifs is 1. The van der Waals surface area contributed by atoms with Crippen molar-refractivity contribution in [3.05, 3.63) is 77.7 Å². The summed E-state index contributed by atoms with van der Waals surface area (Å²) in [7, 11) is 0. The van der Waals surface area contributed by atoms with Gasteiger partial charge in [-0.1, -0.05) is 18.2 Å². The molecule has 0 radical (unpaired) electrons. The van der Waals surface area contributed by atoms with E-state index in [1.165, 1.54) is 36.1 Å². The molecule has 0 saturated carbocycles. The number of alkyl halides is 2. The zero-order valence-electron chi connectivity index (χ0n) is 15.8. The summed E-state index contributed by atoms with van der Waals surface area (Å²) in [6, 6.07) is 15.9. The van der Waals surface area contributed by atoms with Crippen LogP contribution < -0.4 is 15.0 Å². The van der Waals surface area contributed by atoms with E-state index in [0.29, 0.717) is 29.6 Å². The number of halogens is 2.